The third kappa shape index (κ3) is 5.20. The van der Waals surface area contributed by atoms with E-state index < -0.39 is 10.0 Å². The molecule has 2 heterocycles. The van der Waals surface area contributed by atoms with Gasteiger partial charge in [0.05, 0.1) is 5.75 Å². The number of hydrogen-bond acceptors (Lipinski definition) is 4. The molecule has 4 nitrogen and oxygen atoms in total. The van der Waals surface area contributed by atoms with E-state index >= 15 is 0 Å². The molecule has 0 aliphatic carbocycles. The van der Waals surface area contributed by atoms with Crippen LogP contribution in [-0.2, 0) is 22.3 Å². The van der Waals surface area contributed by atoms with E-state index in [1.807, 2.05) is 41.7 Å². The number of nitrogens with one attached hydrogen (secondary N) is 1. The molecule has 0 saturated carbocycles. The van der Waals surface area contributed by atoms with Gasteiger partial charge in [-0.15, -0.1) is 11.3 Å². The number of hydrogen-bond donors (Lipinski definition) is 1. The molecule has 1 saturated heterocycles. The molecule has 0 amide bonds. The lowest BCUT2D eigenvalue weighted by atomic mass is 9.98. The Morgan fingerprint density at radius 1 is 1.07 bits per heavy atom. The average molecular weight is 415 g/mol. The van der Waals surface area contributed by atoms with E-state index in [4.69, 9.17) is 0 Å². The molecule has 1 aliphatic heterocycles. The summed E-state index contributed by atoms with van der Waals surface area (Å²) in [5.41, 5.74) is 0.824. The molecule has 1 unspecified atom stereocenters. The summed E-state index contributed by atoms with van der Waals surface area (Å²) >= 11 is 1.86. The van der Waals surface area contributed by atoms with Crippen molar-refractivity contribution in [3.63, 3.8) is 0 Å². The number of nitrogens with zero attached hydrogens (tertiary/aromatic N) is 1. The Kier molecular flexibility index (Phi) is 6.11. The van der Waals surface area contributed by atoms with E-state index in [9.17, 15) is 8.42 Å². The van der Waals surface area contributed by atoms with E-state index in [1.54, 1.807) is 0 Å². The summed E-state index contributed by atoms with van der Waals surface area (Å²) in [4.78, 5) is 3.84. The van der Waals surface area contributed by atoms with Crippen LogP contribution in [0.2, 0.25) is 0 Å². The zero-order valence-electron chi connectivity index (χ0n) is 15.9. The van der Waals surface area contributed by atoms with E-state index in [0.717, 1.165) is 38.0 Å². The fourth-order valence-electron chi connectivity index (χ4n) is 3.89. The third-order valence-corrected chi connectivity index (χ3v) is 7.67. The minimum atomic E-state index is -3.29. The Hall–Kier alpha value is -1.73. The van der Waals surface area contributed by atoms with Crippen LogP contribution in [0.4, 0.5) is 0 Å². The Balaban J connectivity index is 1.31. The van der Waals surface area contributed by atoms with E-state index in [2.05, 4.69) is 40.0 Å². The van der Waals surface area contributed by atoms with Crippen LogP contribution in [0.3, 0.4) is 0 Å². The summed E-state index contributed by atoms with van der Waals surface area (Å²) in [7, 11) is -3.29. The van der Waals surface area contributed by atoms with Crippen LogP contribution in [0.25, 0.3) is 10.1 Å². The predicted molar refractivity (Wildman–Crippen MR) is 117 cm³/mol. The molecule has 1 fully saturated rings. The van der Waals surface area contributed by atoms with Crippen molar-refractivity contribution in [1.29, 1.82) is 0 Å². The molecule has 1 aromatic heterocycles. The Labute approximate surface area is 171 Å². The maximum atomic E-state index is 12.4. The highest BCUT2D eigenvalue weighted by Gasteiger charge is 2.22. The van der Waals surface area contributed by atoms with Crippen LogP contribution in [0.1, 0.15) is 23.3 Å². The smallest absolute Gasteiger partial charge is 0.215 e. The highest BCUT2D eigenvalue weighted by molar-refractivity contribution is 7.88. The quantitative estimate of drug-likeness (QED) is 0.629. The number of rotatable bonds is 7. The first-order chi connectivity index (χ1) is 13.6. The largest absolute Gasteiger partial charge is 0.298 e. The lowest BCUT2D eigenvalue weighted by Crippen LogP contribution is -2.40. The van der Waals surface area contributed by atoms with Crippen LogP contribution in [0.15, 0.2) is 60.7 Å². The number of thiophene rings is 1. The number of piperidine rings is 1. The second kappa shape index (κ2) is 8.74. The molecular formula is C22H26N2O2S2. The highest BCUT2D eigenvalue weighted by atomic mass is 32.2. The average Bonchev–Trinajstić information content (AvgIpc) is 3.09. The summed E-state index contributed by atoms with van der Waals surface area (Å²) in [5.74, 6) is 0.417. The molecule has 1 atom stereocenters. The minimum absolute atomic E-state index is 0.0477. The van der Waals surface area contributed by atoms with Crippen molar-refractivity contribution >= 4 is 31.4 Å². The van der Waals surface area contributed by atoms with Gasteiger partial charge in [0.25, 0.3) is 0 Å². The number of fused-ring (bicyclic) bond motifs is 1. The van der Waals surface area contributed by atoms with Gasteiger partial charge in [0, 0.05) is 29.2 Å². The molecule has 0 radical (unpaired) electrons. The lowest BCUT2D eigenvalue weighted by molar-refractivity contribution is 0.170. The zero-order chi connectivity index (χ0) is 19.4. The van der Waals surface area contributed by atoms with Crippen LogP contribution in [0, 0.1) is 5.92 Å². The number of sulfonamides is 1. The van der Waals surface area contributed by atoms with Gasteiger partial charge in [-0.3, -0.25) is 4.90 Å². The van der Waals surface area contributed by atoms with Crippen molar-refractivity contribution < 1.29 is 8.42 Å². The highest BCUT2D eigenvalue weighted by Crippen LogP contribution is 2.27. The summed E-state index contributed by atoms with van der Waals surface area (Å²) < 4.78 is 28.9. The summed E-state index contributed by atoms with van der Waals surface area (Å²) in [6.45, 7) is 3.51. The second-order valence-corrected chi connectivity index (χ2v) is 10.6. The van der Waals surface area contributed by atoms with Gasteiger partial charge in [0.15, 0.2) is 0 Å². The normalized spacial score (nSPS) is 18.5. The van der Waals surface area contributed by atoms with Crippen molar-refractivity contribution in [2.45, 2.75) is 25.1 Å². The van der Waals surface area contributed by atoms with Crippen LogP contribution in [-0.4, -0.2) is 33.0 Å². The van der Waals surface area contributed by atoms with Gasteiger partial charge in [-0.25, -0.2) is 13.1 Å². The van der Waals surface area contributed by atoms with E-state index in [1.165, 1.54) is 15.0 Å². The zero-order valence-corrected chi connectivity index (χ0v) is 17.5. The van der Waals surface area contributed by atoms with Gasteiger partial charge < -0.3 is 0 Å². The fourth-order valence-corrected chi connectivity index (χ4v) is 6.22. The molecule has 148 valence electrons. The molecular weight excluding hydrogens is 388 g/mol. The van der Waals surface area contributed by atoms with Crippen molar-refractivity contribution in [3.8, 4) is 0 Å². The van der Waals surface area contributed by atoms with E-state index in [0.29, 0.717) is 12.5 Å². The van der Waals surface area contributed by atoms with E-state index in [-0.39, 0.29) is 5.75 Å². The summed E-state index contributed by atoms with van der Waals surface area (Å²) in [6, 6.07) is 20.1. The molecule has 2 aromatic carbocycles. The first kappa shape index (κ1) is 19.6. The molecule has 28 heavy (non-hydrogen) atoms. The first-order valence-electron chi connectivity index (χ1n) is 9.78. The predicted octanol–water partition coefficient (Wildman–Crippen LogP) is 4.23. The van der Waals surface area contributed by atoms with Crippen molar-refractivity contribution in [1.82, 2.24) is 9.62 Å². The molecule has 1 aliphatic rings. The van der Waals surface area contributed by atoms with Crippen molar-refractivity contribution in [3.05, 3.63) is 71.1 Å². The van der Waals surface area contributed by atoms with Gasteiger partial charge in [-0.1, -0.05) is 48.5 Å². The molecule has 0 bridgehead atoms. The first-order valence-corrected chi connectivity index (χ1v) is 12.3. The van der Waals surface area contributed by atoms with Crippen LogP contribution < -0.4 is 4.72 Å². The summed E-state index contributed by atoms with van der Waals surface area (Å²) in [5, 5.41) is 1.31. The molecule has 1 N–H and O–H groups in total. The second-order valence-electron chi connectivity index (χ2n) is 7.59. The molecule has 0 spiro atoms. The van der Waals surface area contributed by atoms with Gasteiger partial charge in [0.1, 0.15) is 0 Å². The topological polar surface area (TPSA) is 49.4 Å². The molecule has 4 rings (SSSR count). The van der Waals surface area contributed by atoms with Crippen molar-refractivity contribution in [2.24, 2.45) is 5.92 Å². The van der Waals surface area contributed by atoms with Crippen LogP contribution >= 0.6 is 11.3 Å². The Morgan fingerprint density at radius 2 is 1.86 bits per heavy atom. The van der Waals surface area contributed by atoms with Gasteiger partial charge in [0.2, 0.25) is 10.0 Å². The SMILES string of the molecule is O=S(=O)(Cc1ccccc1)NCC1CCCN(Cc2cc3ccccc3s2)C1. The van der Waals surface area contributed by atoms with Crippen LogP contribution in [0.5, 0.6) is 0 Å². The molecule has 6 heteroatoms. The fraction of sp³-hybridized carbons (Fsp3) is 0.364. The standard InChI is InChI=1S/C22H26N2O2S2/c25-28(26,17-18-7-2-1-3-8-18)23-14-19-9-6-12-24(15-19)16-21-13-20-10-4-5-11-22(20)27-21/h1-5,7-8,10-11,13,19,23H,6,9,12,14-17H2. The maximum absolute atomic E-state index is 12.4. The third-order valence-electron chi connectivity index (χ3n) is 5.25. The number of likely N-dealkylation sites (tertiary alicyclic amines) is 1. The van der Waals surface area contributed by atoms with Gasteiger partial charge in [-0.2, -0.15) is 0 Å². The number of benzene rings is 2. The summed E-state index contributed by atoms with van der Waals surface area (Å²) in [6.07, 6.45) is 2.20. The Bertz CT molecular complexity index is 982. The monoisotopic (exact) mass is 414 g/mol. The molecule has 3 aromatic rings. The lowest BCUT2D eigenvalue weighted by Gasteiger charge is -2.32. The minimum Gasteiger partial charge on any atom is -0.298 e. The Morgan fingerprint density at radius 3 is 2.68 bits per heavy atom. The van der Waals surface area contributed by atoms with Gasteiger partial charge >= 0.3 is 0 Å². The van der Waals surface area contributed by atoms with Crippen molar-refractivity contribution in [2.75, 3.05) is 19.6 Å². The van der Waals surface area contributed by atoms with Gasteiger partial charge in [-0.05, 0) is 48.4 Å². The maximum Gasteiger partial charge on any atom is 0.215 e.